The van der Waals surface area contributed by atoms with Crippen LogP contribution in [-0.4, -0.2) is 19.7 Å². The summed E-state index contributed by atoms with van der Waals surface area (Å²) in [5.41, 5.74) is 0.682. The lowest BCUT2D eigenvalue weighted by molar-refractivity contribution is 0.557. The summed E-state index contributed by atoms with van der Waals surface area (Å²) in [7, 11) is 0. The average molecular weight is 254 g/mol. The van der Waals surface area contributed by atoms with Crippen LogP contribution in [0, 0.1) is 19.3 Å². The van der Waals surface area contributed by atoms with E-state index in [9.17, 15) is 4.79 Å². The first-order valence-electron chi connectivity index (χ1n) is 6.03. The average Bonchev–Trinajstić information content (AvgIpc) is 2.43. The molecule has 2 aromatic heterocycles. The molecule has 0 aliphatic heterocycles. The lowest BCUT2D eigenvalue weighted by Gasteiger charge is -2.10. The normalized spacial score (nSPS) is 10.1. The zero-order valence-electron chi connectivity index (χ0n) is 10.7. The third-order valence-electron chi connectivity index (χ3n) is 2.62. The molecule has 0 radical (unpaired) electrons. The van der Waals surface area contributed by atoms with Crippen molar-refractivity contribution in [3.05, 3.63) is 40.4 Å². The minimum Gasteiger partial charge on any atom is -0.265 e. The third kappa shape index (κ3) is 3.05. The second kappa shape index (κ2) is 5.91. The topological polar surface area (TPSA) is 60.7 Å². The van der Waals surface area contributed by atoms with Gasteiger partial charge in [-0.05, 0) is 25.5 Å². The monoisotopic (exact) mass is 254 g/mol. The first-order chi connectivity index (χ1) is 9.22. The van der Waals surface area contributed by atoms with Crippen LogP contribution in [0.4, 0.5) is 0 Å². The van der Waals surface area contributed by atoms with Crippen LogP contribution >= 0.6 is 0 Å². The van der Waals surface area contributed by atoms with Gasteiger partial charge in [0.05, 0.1) is 0 Å². The Morgan fingerprint density at radius 1 is 1.42 bits per heavy atom. The summed E-state index contributed by atoms with van der Waals surface area (Å²) in [6.45, 7) is 2.26. The van der Waals surface area contributed by atoms with Crippen molar-refractivity contribution < 1.29 is 0 Å². The van der Waals surface area contributed by atoms with Gasteiger partial charge in [0.15, 0.2) is 5.82 Å². The number of pyridine rings is 1. The molecule has 2 rings (SSSR count). The van der Waals surface area contributed by atoms with Crippen molar-refractivity contribution >= 4 is 0 Å². The van der Waals surface area contributed by atoms with Gasteiger partial charge in [0.25, 0.3) is 5.56 Å². The molecule has 0 aliphatic carbocycles. The number of hydrogen-bond donors (Lipinski definition) is 0. The number of terminal acetylenes is 1. The Bertz CT molecular complexity index is 655. The van der Waals surface area contributed by atoms with Gasteiger partial charge in [0, 0.05) is 19.2 Å². The highest BCUT2D eigenvalue weighted by atomic mass is 16.1. The van der Waals surface area contributed by atoms with Crippen LogP contribution in [0.25, 0.3) is 11.5 Å². The Morgan fingerprint density at radius 3 is 2.95 bits per heavy atom. The Morgan fingerprint density at radius 2 is 2.26 bits per heavy atom. The Hall–Kier alpha value is -2.48. The van der Waals surface area contributed by atoms with Gasteiger partial charge in [-0.15, -0.1) is 12.3 Å². The minimum absolute atomic E-state index is 0.325. The number of rotatable bonds is 4. The zero-order valence-corrected chi connectivity index (χ0v) is 10.7. The molecule has 5 heteroatoms. The largest absolute Gasteiger partial charge is 0.294 e. The van der Waals surface area contributed by atoms with E-state index in [2.05, 4.69) is 21.0 Å². The molecule has 2 heterocycles. The van der Waals surface area contributed by atoms with E-state index >= 15 is 0 Å². The molecule has 96 valence electrons. The standard InChI is InChI=1S/C14H14N4O/c1-3-4-7-10-18-13(12-8-5-6-9-15-12)16-14(19)11(2)17-18/h1,5-6,8-9H,4,7,10H2,2H3. The molecule has 0 aliphatic rings. The van der Waals surface area contributed by atoms with Crippen molar-refractivity contribution in [3.8, 4) is 23.9 Å². The van der Waals surface area contributed by atoms with Crippen LogP contribution in [0.2, 0.25) is 0 Å². The van der Waals surface area contributed by atoms with Gasteiger partial charge in [0.2, 0.25) is 0 Å². The molecule has 0 bridgehead atoms. The molecule has 0 spiro atoms. The predicted molar refractivity (Wildman–Crippen MR) is 72.3 cm³/mol. The van der Waals surface area contributed by atoms with E-state index in [4.69, 9.17) is 6.42 Å². The maximum atomic E-state index is 11.6. The van der Waals surface area contributed by atoms with Crippen molar-refractivity contribution in [2.75, 3.05) is 0 Å². The first-order valence-corrected chi connectivity index (χ1v) is 6.03. The molecule has 0 N–H and O–H groups in total. The molecular formula is C14H14N4O. The zero-order chi connectivity index (χ0) is 13.7. The van der Waals surface area contributed by atoms with E-state index in [1.54, 1.807) is 23.9 Å². The van der Waals surface area contributed by atoms with Crippen molar-refractivity contribution in [1.82, 2.24) is 19.7 Å². The molecule has 0 saturated heterocycles. The number of nitrogens with zero attached hydrogens (tertiary/aromatic N) is 4. The van der Waals surface area contributed by atoms with Crippen LogP contribution in [-0.2, 0) is 6.54 Å². The van der Waals surface area contributed by atoms with Gasteiger partial charge in [0.1, 0.15) is 11.4 Å². The third-order valence-corrected chi connectivity index (χ3v) is 2.62. The van der Waals surface area contributed by atoms with Crippen LogP contribution in [0.1, 0.15) is 18.5 Å². The predicted octanol–water partition coefficient (Wildman–Crippen LogP) is 1.42. The Labute approximate surface area is 111 Å². The minimum atomic E-state index is -0.325. The molecule has 5 nitrogen and oxygen atoms in total. The molecule has 0 fully saturated rings. The van der Waals surface area contributed by atoms with E-state index in [0.717, 1.165) is 6.42 Å². The van der Waals surface area contributed by atoms with Crippen LogP contribution < -0.4 is 5.56 Å². The van der Waals surface area contributed by atoms with E-state index < -0.39 is 0 Å². The van der Waals surface area contributed by atoms with Crippen LogP contribution in [0.3, 0.4) is 0 Å². The molecule has 0 unspecified atom stereocenters. The van der Waals surface area contributed by atoms with E-state index in [-0.39, 0.29) is 5.56 Å². The maximum Gasteiger partial charge on any atom is 0.294 e. The summed E-state index contributed by atoms with van der Waals surface area (Å²) in [6.07, 6.45) is 8.34. The van der Waals surface area contributed by atoms with E-state index in [1.807, 2.05) is 12.1 Å². The van der Waals surface area contributed by atoms with Gasteiger partial charge in [-0.25, -0.2) is 4.68 Å². The number of aromatic nitrogens is 4. The molecule has 0 atom stereocenters. The number of hydrogen-bond acceptors (Lipinski definition) is 4. The molecular weight excluding hydrogens is 240 g/mol. The Kier molecular flexibility index (Phi) is 4.04. The maximum absolute atomic E-state index is 11.6. The summed E-state index contributed by atoms with van der Waals surface area (Å²) in [5, 5.41) is 4.25. The van der Waals surface area contributed by atoms with Crippen molar-refractivity contribution in [2.45, 2.75) is 26.3 Å². The second-order valence-corrected chi connectivity index (χ2v) is 4.07. The fourth-order valence-electron chi connectivity index (χ4n) is 1.68. The fraction of sp³-hybridized carbons (Fsp3) is 0.286. The molecule has 0 saturated carbocycles. The van der Waals surface area contributed by atoms with Gasteiger partial charge in [-0.1, -0.05) is 6.07 Å². The lowest BCUT2D eigenvalue weighted by atomic mass is 10.3. The van der Waals surface area contributed by atoms with E-state index in [1.165, 1.54) is 0 Å². The SMILES string of the molecule is C#CCCCn1nc(C)c(=O)nc1-c1ccccn1. The van der Waals surface area contributed by atoms with Crippen molar-refractivity contribution in [2.24, 2.45) is 0 Å². The fourth-order valence-corrected chi connectivity index (χ4v) is 1.68. The van der Waals surface area contributed by atoms with Gasteiger partial charge in [-0.3, -0.25) is 9.78 Å². The van der Waals surface area contributed by atoms with Gasteiger partial charge in [-0.2, -0.15) is 10.1 Å². The quantitative estimate of drug-likeness (QED) is 0.611. The summed E-state index contributed by atoms with van der Waals surface area (Å²) < 4.78 is 1.69. The van der Waals surface area contributed by atoms with Crippen molar-refractivity contribution in [1.29, 1.82) is 0 Å². The number of aryl methyl sites for hydroxylation is 2. The number of unbranched alkanes of at least 4 members (excludes halogenated alkanes) is 1. The van der Waals surface area contributed by atoms with E-state index in [0.29, 0.717) is 30.2 Å². The highest BCUT2D eigenvalue weighted by Crippen LogP contribution is 2.11. The molecule has 0 amide bonds. The lowest BCUT2D eigenvalue weighted by Crippen LogP contribution is -2.21. The molecule has 2 aromatic rings. The second-order valence-electron chi connectivity index (χ2n) is 4.07. The van der Waals surface area contributed by atoms with Gasteiger partial charge < -0.3 is 0 Å². The summed E-state index contributed by atoms with van der Waals surface area (Å²) in [6, 6.07) is 5.46. The Balaban J connectivity index is 2.43. The summed E-state index contributed by atoms with van der Waals surface area (Å²) >= 11 is 0. The van der Waals surface area contributed by atoms with Crippen molar-refractivity contribution in [3.63, 3.8) is 0 Å². The molecule has 19 heavy (non-hydrogen) atoms. The molecule has 0 aromatic carbocycles. The smallest absolute Gasteiger partial charge is 0.265 e. The highest BCUT2D eigenvalue weighted by Gasteiger charge is 2.10. The highest BCUT2D eigenvalue weighted by molar-refractivity contribution is 5.48. The van der Waals surface area contributed by atoms with Crippen LogP contribution in [0.15, 0.2) is 29.2 Å². The summed E-state index contributed by atoms with van der Waals surface area (Å²) in [4.78, 5) is 19.9. The van der Waals surface area contributed by atoms with Crippen LogP contribution in [0.5, 0.6) is 0 Å². The van der Waals surface area contributed by atoms with Gasteiger partial charge >= 0.3 is 0 Å². The summed E-state index contributed by atoms with van der Waals surface area (Å²) in [5.74, 6) is 3.06. The first kappa shape index (κ1) is 13.0.